The van der Waals surface area contributed by atoms with Gasteiger partial charge >= 0.3 is 23.9 Å². The van der Waals surface area contributed by atoms with Crippen LogP contribution in [-0.4, -0.2) is 75.7 Å². The van der Waals surface area contributed by atoms with E-state index in [4.69, 9.17) is 29.2 Å². The molecule has 0 amide bonds. The van der Waals surface area contributed by atoms with Crippen molar-refractivity contribution in [1.82, 2.24) is 0 Å². The van der Waals surface area contributed by atoms with Gasteiger partial charge in [0.25, 0.3) is 0 Å². The summed E-state index contributed by atoms with van der Waals surface area (Å²) in [6.07, 6.45) is -1.86. The third kappa shape index (κ3) is 5.95. The quantitative estimate of drug-likeness (QED) is 0.216. The van der Waals surface area contributed by atoms with Crippen molar-refractivity contribution in [3.8, 4) is 23.7 Å². The summed E-state index contributed by atoms with van der Waals surface area (Å²) in [4.78, 5) is 50.5. The van der Waals surface area contributed by atoms with Crippen LogP contribution in [0.15, 0.2) is 0 Å². The van der Waals surface area contributed by atoms with E-state index in [1.165, 1.54) is 0 Å². The van der Waals surface area contributed by atoms with Gasteiger partial charge in [0.2, 0.25) is 0 Å². The first-order valence-corrected chi connectivity index (χ1v) is 8.23. The van der Waals surface area contributed by atoms with E-state index < -0.39 is 67.2 Å². The van der Waals surface area contributed by atoms with Crippen molar-refractivity contribution in [3.63, 3.8) is 0 Å². The van der Waals surface area contributed by atoms with Gasteiger partial charge in [-0.3, -0.25) is 19.2 Å². The number of aliphatic hydroxyl groups excluding tert-OH is 2. The molecule has 0 aliphatic carbocycles. The normalized spacial score (nSPS) is 10.4. The number of esters is 4. The van der Waals surface area contributed by atoms with Crippen LogP contribution in [0.2, 0.25) is 0 Å². The Morgan fingerprint density at radius 2 is 0.897 bits per heavy atom. The van der Waals surface area contributed by atoms with Crippen LogP contribution in [0.5, 0.6) is 0 Å². The molecule has 0 heterocycles. The molecule has 10 heteroatoms. The molecule has 0 radical (unpaired) electrons. The summed E-state index contributed by atoms with van der Waals surface area (Å²) in [6, 6.07) is 0. The van der Waals surface area contributed by atoms with Gasteiger partial charge in [-0.2, -0.15) is 0 Å². The number of carbonyl (C=O) groups excluding carboxylic acids is 4. The molecule has 0 saturated carbocycles. The van der Waals surface area contributed by atoms with Crippen molar-refractivity contribution in [1.29, 1.82) is 0 Å². The van der Waals surface area contributed by atoms with E-state index in [0.717, 1.165) is 28.4 Å². The summed E-state index contributed by atoms with van der Waals surface area (Å²) in [7, 11) is 4.01. The molecule has 2 N–H and O–H groups in total. The number of hydrogen-bond donors (Lipinski definition) is 2. The predicted molar refractivity (Wildman–Crippen MR) is 96.5 cm³/mol. The van der Waals surface area contributed by atoms with Gasteiger partial charge in [0.1, 0.15) is 13.2 Å². The highest BCUT2D eigenvalue weighted by atomic mass is 16.6. The zero-order valence-corrected chi connectivity index (χ0v) is 16.7. The van der Waals surface area contributed by atoms with Crippen LogP contribution in [0.1, 0.15) is 19.3 Å². The van der Waals surface area contributed by atoms with Gasteiger partial charge in [0.15, 0.2) is 10.8 Å². The van der Waals surface area contributed by atoms with Crippen molar-refractivity contribution in [2.24, 2.45) is 10.8 Å². The fraction of sp³-hybridized carbons (Fsp3) is 0.579. The lowest BCUT2D eigenvalue weighted by molar-refractivity contribution is -0.180. The molecule has 0 atom stereocenters. The van der Waals surface area contributed by atoms with Crippen LogP contribution in [0.3, 0.4) is 0 Å². The van der Waals surface area contributed by atoms with E-state index in [2.05, 4.69) is 23.7 Å². The summed E-state index contributed by atoms with van der Waals surface area (Å²) >= 11 is 0. The van der Waals surface area contributed by atoms with Crippen LogP contribution < -0.4 is 0 Å². The highest BCUT2D eigenvalue weighted by molar-refractivity contribution is 6.05. The average molecular weight is 412 g/mol. The van der Waals surface area contributed by atoms with Crippen molar-refractivity contribution < 1.29 is 48.3 Å². The molecule has 0 fully saturated rings. The zero-order chi connectivity index (χ0) is 22.5. The molecule has 0 rings (SSSR count). The first-order chi connectivity index (χ1) is 13.8. The van der Waals surface area contributed by atoms with Gasteiger partial charge < -0.3 is 29.2 Å². The van der Waals surface area contributed by atoms with E-state index in [-0.39, 0.29) is 0 Å². The summed E-state index contributed by atoms with van der Waals surface area (Å²) in [5, 5.41) is 17.8. The molecule has 0 unspecified atom stereocenters. The Balaban J connectivity index is 6.80. The minimum absolute atomic E-state index is 0.532. The minimum atomic E-state index is -2.23. The van der Waals surface area contributed by atoms with Crippen molar-refractivity contribution in [3.05, 3.63) is 0 Å². The molecule has 0 aromatic carbocycles. The molecule has 0 saturated heterocycles. The maximum atomic E-state index is 12.6. The van der Waals surface area contributed by atoms with Gasteiger partial charge in [-0.05, 0) is 0 Å². The minimum Gasteiger partial charge on any atom is -0.468 e. The Hall–Kier alpha value is -3.08. The van der Waals surface area contributed by atoms with Crippen molar-refractivity contribution in [2.45, 2.75) is 19.3 Å². The van der Waals surface area contributed by atoms with E-state index in [9.17, 15) is 19.2 Å². The van der Waals surface area contributed by atoms with Gasteiger partial charge in [-0.1, -0.05) is 23.7 Å². The molecule has 10 nitrogen and oxygen atoms in total. The van der Waals surface area contributed by atoms with E-state index in [0.29, 0.717) is 0 Å². The Morgan fingerprint density at radius 3 is 1.10 bits per heavy atom. The smallest absolute Gasteiger partial charge is 0.324 e. The van der Waals surface area contributed by atoms with Crippen LogP contribution >= 0.6 is 0 Å². The Bertz CT molecular complexity index is 638. The predicted octanol–water partition coefficient (Wildman–Crippen LogP) is -1.19. The molecule has 0 spiro atoms. The monoisotopic (exact) mass is 412 g/mol. The van der Waals surface area contributed by atoms with Crippen LogP contribution in [0.4, 0.5) is 0 Å². The largest absolute Gasteiger partial charge is 0.468 e. The van der Waals surface area contributed by atoms with Crippen molar-refractivity contribution in [2.75, 3.05) is 41.7 Å². The average Bonchev–Trinajstić information content (AvgIpc) is 2.75. The second kappa shape index (κ2) is 12.4. The van der Waals surface area contributed by atoms with Crippen LogP contribution in [-0.2, 0) is 38.1 Å². The van der Waals surface area contributed by atoms with Crippen LogP contribution in [0, 0.1) is 34.5 Å². The number of ether oxygens (including phenoxy) is 4. The lowest BCUT2D eigenvalue weighted by atomic mass is 9.67. The summed E-state index contributed by atoms with van der Waals surface area (Å²) in [6.45, 7) is -1.11. The second-order valence-corrected chi connectivity index (χ2v) is 5.68. The van der Waals surface area contributed by atoms with E-state index >= 15 is 0 Å². The Kier molecular flexibility index (Phi) is 11.1. The van der Waals surface area contributed by atoms with Crippen molar-refractivity contribution >= 4 is 23.9 Å². The molecule has 160 valence electrons. The van der Waals surface area contributed by atoms with Gasteiger partial charge in [0, 0.05) is 19.3 Å². The summed E-state index contributed by atoms with van der Waals surface area (Å²) in [5.74, 6) is 4.94. The third-order valence-corrected chi connectivity index (χ3v) is 4.10. The fourth-order valence-corrected chi connectivity index (χ4v) is 2.70. The van der Waals surface area contributed by atoms with Crippen LogP contribution in [0.25, 0.3) is 0 Å². The number of aliphatic hydroxyl groups is 2. The topological polar surface area (TPSA) is 146 Å². The highest BCUT2D eigenvalue weighted by Crippen LogP contribution is 2.43. The highest BCUT2D eigenvalue weighted by Gasteiger charge is 2.60. The SMILES string of the molecule is COC(=O)C(CC#CCO)(CC(CC#CCO)(C(=O)OC)C(=O)OC)C(=O)OC. The molecule has 29 heavy (non-hydrogen) atoms. The van der Waals surface area contributed by atoms with E-state index in [1.54, 1.807) is 0 Å². The summed E-state index contributed by atoms with van der Waals surface area (Å²) < 4.78 is 18.9. The summed E-state index contributed by atoms with van der Waals surface area (Å²) in [5.41, 5.74) is -4.45. The number of carbonyl (C=O) groups is 4. The maximum absolute atomic E-state index is 12.6. The number of hydrogen-bond acceptors (Lipinski definition) is 10. The van der Waals surface area contributed by atoms with E-state index in [1.807, 2.05) is 0 Å². The molecular weight excluding hydrogens is 388 g/mol. The Labute approximate surface area is 168 Å². The molecule has 0 aromatic rings. The third-order valence-electron chi connectivity index (χ3n) is 4.10. The second-order valence-electron chi connectivity index (χ2n) is 5.68. The zero-order valence-electron chi connectivity index (χ0n) is 16.7. The lowest BCUT2D eigenvalue weighted by Crippen LogP contribution is -2.51. The molecule has 0 aromatic heterocycles. The molecule has 0 aliphatic heterocycles. The number of methoxy groups -OCH3 is 4. The maximum Gasteiger partial charge on any atom is 0.324 e. The molecule has 0 aliphatic rings. The lowest BCUT2D eigenvalue weighted by Gasteiger charge is -2.34. The molecule has 0 bridgehead atoms. The fourth-order valence-electron chi connectivity index (χ4n) is 2.70. The Morgan fingerprint density at radius 1 is 0.621 bits per heavy atom. The van der Waals surface area contributed by atoms with Gasteiger partial charge in [-0.25, -0.2) is 0 Å². The number of rotatable bonds is 8. The molecular formula is C19H24O10. The standard InChI is InChI=1S/C19H24O10/c1-26-14(22)18(15(23)27-2,9-5-7-11-20)13-19(16(24)28-3,17(25)29-4)10-6-8-12-21/h20-21H,9-13H2,1-4H3. The van der Waals surface area contributed by atoms with Gasteiger partial charge in [0.05, 0.1) is 28.4 Å². The first-order valence-electron chi connectivity index (χ1n) is 8.23. The first kappa shape index (κ1) is 25.9. The van der Waals surface area contributed by atoms with Gasteiger partial charge in [-0.15, -0.1) is 0 Å².